The second-order valence-corrected chi connectivity index (χ2v) is 7.78. The number of furan rings is 1. The molecule has 0 radical (unpaired) electrons. The van der Waals surface area contributed by atoms with Crippen LogP contribution in [0.3, 0.4) is 0 Å². The van der Waals surface area contributed by atoms with E-state index in [-0.39, 0.29) is 24.8 Å². The lowest BCUT2D eigenvalue weighted by Crippen LogP contribution is -2.40. The average molecular weight is 490 g/mol. The molecule has 0 bridgehead atoms. The Kier molecular flexibility index (Phi) is 6.03. The Morgan fingerprint density at radius 2 is 1.64 bits per heavy atom. The van der Waals surface area contributed by atoms with Gasteiger partial charge in [0.2, 0.25) is 17.5 Å². The Morgan fingerprint density at radius 1 is 0.889 bits per heavy atom. The van der Waals surface area contributed by atoms with Gasteiger partial charge in [-0.1, -0.05) is 17.3 Å². The SMILES string of the molecule is COc1cc(-c2noc(Cn3c(=O)n(Cc4ccco4)c(=O)c4ccccc43)n2)cc(OC)c1OC. The summed E-state index contributed by atoms with van der Waals surface area (Å²) in [6, 6.07) is 13.7. The highest BCUT2D eigenvalue weighted by atomic mass is 16.5. The van der Waals surface area contributed by atoms with E-state index in [2.05, 4.69) is 10.1 Å². The van der Waals surface area contributed by atoms with Gasteiger partial charge in [-0.3, -0.25) is 13.9 Å². The molecule has 184 valence electrons. The summed E-state index contributed by atoms with van der Waals surface area (Å²) in [7, 11) is 4.54. The van der Waals surface area contributed by atoms with Crippen molar-refractivity contribution in [1.82, 2.24) is 19.3 Å². The fourth-order valence-corrected chi connectivity index (χ4v) is 4.00. The maximum atomic E-state index is 13.4. The summed E-state index contributed by atoms with van der Waals surface area (Å²) in [6.45, 7) is -0.0504. The van der Waals surface area contributed by atoms with Crippen LogP contribution in [0.1, 0.15) is 11.7 Å². The first-order chi connectivity index (χ1) is 17.5. The molecule has 2 aromatic carbocycles. The molecule has 0 fully saturated rings. The number of hydrogen-bond acceptors (Lipinski definition) is 9. The zero-order valence-electron chi connectivity index (χ0n) is 19.8. The average Bonchev–Trinajstić information content (AvgIpc) is 3.60. The molecule has 3 aromatic heterocycles. The van der Waals surface area contributed by atoms with Crippen LogP contribution < -0.4 is 25.5 Å². The maximum Gasteiger partial charge on any atom is 0.332 e. The van der Waals surface area contributed by atoms with Crippen LogP contribution in [0.5, 0.6) is 17.2 Å². The molecule has 0 aliphatic rings. The molecule has 0 spiro atoms. The van der Waals surface area contributed by atoms with Gasteiger partial charge >= 0.3 is 5.69 Å². The highest BCUT2D eigenvalue weighted by Gasteiger charge is 2.19. The molecule has 0 unspecified atom stereocenters. The van der Waals surface area contributed by atoms with Gasteiger partial charge in [0.05, 0.1) is 45.0 Å². The van der Waals surface area contributed by atoms with Gasteiger partial charge in [0.1, 0.15) is 12.3 Å². The Morgan fingerprint density at radius 3 is 2.31 bits per heavy atom. The van der Waals surface area contributed by atoms with Crippen molar-refractivity contribution in [3.8, 4) is 28.6 Å². The standard InChI is InChI=1S/C25H22N4O7/c1-32-19-11-15(12-20(33-2)22(19)34-3)23-26-21(36-27-23)14-28-18-9-5-4-8-17(18)24(30)29(25(28)31)13-16-7-6-10-35-16/h4-12H,13-14H2,1-3H3. The Hall–Kier alpha value is -4.80. The van der Waals surface area contributed by atoms with Gasteiger partial charge < -0.3 is 23.2 Å². The third-order valence-electron chi connectivity index (χ3n) is 5.71. The van der Waals surface area contributed by atoms with Crippen molar-refractivity contribution in [2.75, 3.05) is 21.3 Å². The highest BCUT2D eigenvalue weighted by Crippen LogP contribution is 2.40. The quantitative estimate of drug-likeness (QED) is 0.323. The third kappa shape index (κ3) is 4.00. The van der Waals surface area contributed by atoms with Crippen LogP contribution in [0.25, 0.3) is 22.3 Å². The number of aromatic nitrogens is 4. The number of rotatable bonds is 8. The van der Waals surface area contributed by atoms with Crippen molar-refractivity contribution in [3.05, 3.63) is 87.3 Å². The van der Waals surface area contributed by atoms with Gasteiger partial charge in [-0.15, -0.1) is 0 Å². The summed E-state index contributed by atoms with van der Waals surface area (Å²) in [4.78, 5) is 30.9. The third-order valence-corrected chi connectivity index (χ3v) is 5.71. The van der Waals surface area contributed by atoms with E-state index in [0.29, 0.717) is 39.5 Å². The molecule has 11 nitrogen and oxygen atoms in total. The van der Waals surface area contributed by atoms with Gasteiger partial charge in [-0.05, 0) is 36.4 Å². The molecule has 0 saturated carbocycles. The molecule has 0 aliphatic heterocycles. The normalized spacial score (nSPS) is 11.1. The van der Waals surface area contributed by atoms with Crippen molar-refractivity contribution < 1.29 is 23.2 Å². The van der Waals surface area contributed by atoms with Gasteiger partial charge in [0.25, 0.3) is 5.56 Å². The predicted octanol–water partition coefficient (Wildman–Crippen LogP) is 2.93. The number of hydrogen-bond donors (Lipinski definition) is 0. The molecular formula is C25H22N4O7. The number of nitrogens with zero attached hydrogens (tertiary/aromatic N) is 4. The largest absolute Gasteiger partial charge is 0.493 e. The number of benzene rings is 2. The van der Waals surface area contributed by atoms with E-state index in [1.165, 1.54) is 32.2 Å². The summed E-state index contributed by atoms with van der Waals surface area (Å²) < 4.78 is 29.5. The van der Waals surface area contributed by atoms with E-state index in [1.807, 2.05) is 0 Å². The molecule has 5 aromatic rings. The molecular weight excluding hydrogens is 468 g/mol. The summed E-state index contributed by atoms with van der Waals surface area (Å²) in [6.07, 6.45) is 1.49. The van der Waals surface area contributed by atoms with Crippen LogP contribution in [0.4, 0.5) is 0 Å². The predicted molar refractivity (Wildman–Crippen MR) is 129 cm³/mol. The fourth-order valence-electron chi connectivity index (χ4n) is 4.00. The molecule has 11 heteroatoms. The highest BCUT2D eigenvalue weighted by molar-refractivity contribution is 5.78. The Bertz CT molecular complexity index is 1620. The Balaban J connectivity index is 1.57. The fraction of sp³-hybridized carbons (Fsp3) is 0.200. The lowest BCUT2D eigenvalue weighted by atomic mass is 10.1. The van der Waals surface area contributed by atoms with Crippen molar-refractivity contribution in [1.29, 1.82) is 0 Å². The zero-order valence-corrected chi connectivity index (χ0v) is 19.8. The second-order valence-electron chi connectivity index (χ2n) is 7.78. The zero-order chi connectivity index (χ0) is 25.2. The van der Waals surface area contributed by atoms with E-state index < -0.39 is 11.2 Å². The number of methoxy groups -OCH3 is 3. The van der Waals surface area contributed by atoms with Crippen LogP contribution in [-0.2, 0) is 13.1 Å². The lowest BCUT2D eigenvalue weighted by Gasteiger charge is -2.12. The first-order valence-corrected chi connectivity index (χ1v) is 10.9. The van der Waals surface area contributed by atoms with Crippen LogP contribution in [0, 0.1) is 0 Å². The van der Waals surface area contributed by atoms with Gasteiger partial charge in [0.15, 0.2) is 11.5 Å². The van der Waals surface area contributed by atoms with E-state index in [0.717, 1.165) is 4.57 Å². The van der Waals surface area contributed by atoms with E-state index in [1.54, 1.807) is 48.5 Å². The van der Waals surface area contributed by atoms with Crippen LogP contribution in [0.2, 0.25) is 0 Å². The summed E-state index contributed by atoms with van der Waals surface area (Å²) in [5.74, 6) is 2.23. The van der Waals surface area contributed by atoms with Crippen molar-refractivity contribution in [2.24, 2.45) is 0 Å². The molecule has 5 rings (SSSR count). The van der Waals surface area contributed by atoms with Gasteiger partial charge in [-0.2, -0.15) is 4.98 Å². The summed E-state index contributed by atoms with van der Waals surface area (Å²) in [5, 5.41) is 4.44. The van der Waals surface area contributed by atoms with Crippen LogP contribution >= 0.6 is 0 Å². The van der Waals surface area contributed by atoms with Crippen molar-refractivity contribution in [3.63, 3.8) is 0 Å². The number of fused-ring (bicyclic) bond motifs is 1. The monoisotopic (exact) mass is 490 g/mol. The van der Waals surface area contributed by atoms with E-state index in [9.17, 15) is 9.59 Å². The summed E-state index contributed by atoms with van der Waals surface area (Å²) in [5.41, 5.74) is 0.0877. The minimum Gasteiger partial charge on any atom is -0.493 e. The molecule has 0 aliphatic carbocycles. The van der Waals surface area contributed by atoms with Crippen molar-refractivity contribution in [2.45, 2.75) is 13.1 Å². The second kappa shape index (κ2) is 9.45. The smallest absolute Gasteiger partial charge is 0.332 e. The van der Waals surface area contributed by atoms with Gasteiger partial charge in [-0.25, -0.2) is 4.79 Å². The van der Waals surface area contributed by atoms with Crippen molar-refractivity contribution >= 4 is 10.9 Å². The molecule has 36 heavy (non-hydrogen) atoms. The molecule has 3 heterocycles. The van der Waals surface area contributed by atoms with Gasteiger partial charge in [0, 0.05) is 5.56 Å². The topological polar surface area (TPSA) is 124 Å². The first-order valence-electron chi connectivity index (χ1n) is 10.9. The Labute approximate surface area is 204 Å². The van der Waals surface area contributed by atoms with Crippen LogP contribution in [-0.4, -0.2) is 40.6 Å². The van der Waals surface area contributed by atoms with Crippen LogP contribution in [0.15, 0.2) is 73.3 Å². The number of ether oxygens (including phenoxy) is 3. The molecule has 0 N–H and O–H groups in total. The minimum absolute atomic E-state index is 0.00395. The maximum absolute atomic E-state index is 13.4. The molecule has 0 atom stereocenters. The number of para-hydroxylation sites is 1. The summed E-state index contributed by atoms with van der Waals surface area (Å²) >= 11 is 0. The molecule has 0 amide bonds. The lowest BCUT2D eigenvalue weighted by molar-refractivity contribution is 0.324. The first kappa shape index (κ1) is 23.0. The molecule has 0 saturated heterocycles. The van der Waals surface area contributed by atoms with E-state index >= 15 is 0 Å². The minimum atomic E-state index is -0.525. The van der Waals surface area contributed by atoms with E-state index in [4.69, 9.17) is 23.2 Å².